The van der Waals surface area contributed by atoms with Crippen LogP contribution in [0.25, 0.3) is 123 Å². The number of methoxy groups -OCH3 is 2. The Hall–Kier alpha value is -18.5. The number of para-hydroxylation sites is 3. The van der Waals surface area contributed by atoms with Crippen molar-refractivity contribution < 1.29 is 88.7 Å². The van der Waals surface area contributed by atoms with Crippen molar-refractivity contribution in [3.05, 3.63) is 357 Å². The van der Waals surface area contributed by atoms with E-state index >= 15 is 0 Å². The Morgan fingerprint density at radius 3 is 1.10 bits per heavy atom. The molecule has 1 atom stereocenters. The van der Waals surface area contributed by atoms with Gasteiger partial charge in [0.05, 0.1) is 116 Å². The number of benzene rings is 11. The number of carboxylic acid groups (broad SMARTS) is 2. The molecule has 0 aliphatic carbocycles. The maximum absolute atomic E-state index is 13.2. The van der Waals surface area contributed by atoms with E-state index in [-0.39, 0.29) is 34.1 Å². The number of esters is 2. The molecule has 144 heavy (non-hydrogen) atoms. The van der Waals surface area contributed by atoms with Crippen molar-refractivity contribution in [2.24, 2.45) is 4.40 Å². The van der Waals surface area contributed by atoms with Crippen LogP contribution >= 0.6 is 11.3 Å². The number of nitrogens with zero attached hydrogens (tertiary/aromatic N) is 12. The summed E-state index contributed by atoms with van der Waals surface area (Å²) in [6.07, 6.45) is 0. The van der Waals surface area contributed by atoms with Gasteiger partial charge in [0.15, 0.2) is 41.4 Å². The number of thiophene rings is 1. The Morgan fingerprint density at radius 1 is 0.410 bits per heavy atom. The summed E-state index contributed by atoms with van der Waals surface area (Å²) >= 11 is -0.529. The molecular formula is C103H84N16O23S2. The van der Waals surface area contributed by atoms with Crippen LogP contribution in [0.4, 0.5) is 0 Å². The van der Waals surface area contributed by atoms with E-state index in [1.165, 1.54) is 25.6 Å². The van der Waals surface area contributed by atoms with Gasteiger partial charge in [0, 0.05) is 27.1 Å². The summed E-state index contributed by atoms with van der Waals surface area (Å²) < 4.78 is 84.6. The zero-order valence-corrected chi connectivity index (χ0v) is 79.1. The van der Waals surface area contributed by atoms with Crippen LogP contribution in [0.5, 0.6) is 24.0 Å². The van der Waals surface area contributed by atoms with Crippen molar-refractivity contribution >= 4 is 96.4 Å². The zero-order chi connectivity index (χ0) is 100. The summed E-state index contributed by atoms with van der Waals surface area (Å²) in [5, 5.41) is 30.8. The van der Waals surface area contributed by atoms with E-state index in [9.17, 15) is 52.8 Å². The number of aryl methyl sites for hydroxylation is 2. The Bertz CT molecular complexity index is 8520. The highest BCUT2D eigenvalue weighted by Gasteiger charge is 2.29. The number of amidine groups is 1. The van der Waals surface area contributed by atoms with Gasteiger partial charge in [0.1, 0.15) is 10.4 Å². The summed E-state index contributed by atoms with van der Waals surface area (Å²) in [6.45, 7) is 11.6. The number of H-pyrrole nitrogens is 3. The lowest BCUT2D eigenvalue weighted by Crippen LogP contribution is -2.18. The molecule has 11 aromatic carbocycles. The van der Waals surface area contributed by atoms with Crippen molar-refractivity contribution in [1.29, 1.82) is 0 Å². The first-order valence-corrected chi connectivity index (χ1v) is 46.4. The maximum Gasteiger partial charge on any atom is 0.519 e. The predicted octanol–water partition coefficient (Wildman–Crippen LogP) is 16.9. The number of fused-ring (bicyclic) bond motifs is 4. The van der Waals surface area contributed by atoms with Crippen molar-refractivity contribution in [3.8, 4) is 103 Å². The molecule has 0 amide bonds. The number of carbonyl (C=O) groups excluding carboxylic acids is 2. The fraction of sp³-hybridized carbons (Fsp3) is 0.146. The van der Waals surface area contributed by atoms with E-state index in [0.29, 0.717) is 143 Å². The molecule has 0 saturated carbocycles. The lowest BCUT2D eigenvalue weighted by atomic mass is 9.98. The Balaban J connectivity index is 0.000000127. The van der Waals surface area contributed by atoms with Crippen LogP contribution in [-0.2, 0) is 57.8 Å². The zero-order valence-electron chi connectivity index (χ0n) is 77.5. The topological polar surface area (TPSA) is 506 Å². The molecule has 20 aromatic rings. The van der Waals surface area contributed by atoms with Crippen molar-refractivity contribution in [2.75, 3.05) is 34.0 Å². The van der Waals surface area contributed by atoms with E-state index in [4.69, 9.17) is 41.5 Å². The average molecular weight is 1980 g/mol. The van der Waals surface area contributed by atoms with Gasteiger partial charge in [0.25, 0.3) is 24.0 Å². The number of aromatic amines is 3. The first kappa shape index (κ1) is 95.8. The third kappa shape index (κ3) is 20.4. The van der Waals surface area contributed by atoms with Gasteiger partial charge in [-0.1, -0.05) is 228 Å². The van der Waals surface area contributed by atoms with Crippen LogP contribution in [0, 0.1) is 13.8 Å². The Kier molecular flexibility index (Phi) is 28.2. The molecule has 39 nitrogen and oxygen atoms in total. The standard InChI is InChI=1S/C30H24N4O8.C25H22N4O5S.C25H20N4O5.C23H18N4O5S/c1-3-38-28-31-23-10-6-9-22(27(35)39-16-24-17(2)40-30(37)41-24)25(23)34(28)15-18-11-13-19(14-12-18)20-7-4-5-8-21(20)26-32-29(36)42-33-26;1-3-33-25-26-21-10-6-9-20(24(30)32-2)22(21)29(25)15-16-11-13-17(14-12-16)18-7-4-5-8-19(18)23-27-34-35(31)28-23;1-2-33-24-26-20-9-5-8-19(23(30)31)21(20)29(24)14-15-10-12-16(13-11-15)17-6-3-4-7-18(17)22-27-25(32)34-28-22;1-12-17-18(19(33-12)21(28)29)27(22(24-17)31-2)11-13-7-9-14(10-8-13)15-5-3-4-6-16(15)20-25-23(30)32-26-20/h4-14H,3,15-16H2,1-2H3,(H,32,33,36);4-14H,3,15H2,1-2H3,(H,27,28);3-13H,2,14H2,1H3,(H,30,31)(H,27,28,32);3-10H,11H2,1-2H3,(H,28,29)(H,25,26,30). The van der Waals surface area contributed by atoms with E-state index < -0.39 is 58.2 Å². The minimum atomic E-state index is -1.74. The highest BCUT2D eigenvalue weighted by Crippen LogP contribution is 2.40. The number of carbonyl (C=O) groups is 4. The normalized spacial score (nSPS) is 12.1. The number of rotatable bonds is 29. The quantitative estimate of drug-likeness (QED) is 0.0237. The van der Waals surface area contributed by atoms with Crippen LogP contribution in [0.1, 0.15) is 106 Å². The first-order valence-electron chi connectivity index (χ1n) is 44.6. The van der Waals surface area contributed by atoms with Crippen LogP contribution < -0.4 is 47.5 Å². The first-order chi connectivity index (χ1) is 70.0. The number of hydroxylamine groups is 1. The molecule has 9 aromatic heterocycles. The summed E-state index contributed by atoms with van der Waals surface area (Å²) in [5.74, 6) is -3.90. The number of hydrogen-bond donors (Lipinski definition) is 6. The number of nitrogens with one attached hydrogen (secondary N) is 4. The fourth-order valence-electron chi connectivity index (χ4n) is 16.6. The van der Waals surface area contributed by atoms with Gasteiger partial charge in [-0.25, -0.2) is 48.0 Å². The third-order valence-electron chi connectivity index (χ3n) is 23.0. The molecule has 0 fully saturated rings. The van der Waals surface area contributed by atoms with E-state index in [1.807, 2.05) is 237 Å². The molecule has 1 unspecified atom stereocenters. The van der Waals surface area contributed by atoms with Gasteiger partial charge in [-0.15, -0.1) is 15.7 Å². The largest absolute Gasteiger partial charge is 0.519 e. The molecule has 0 bridgehead atoms. The average Bonchev–Trinajstić information content (AvgIpc) is 1.59. The second-order valence-electron chi connectivity index (χ2n) is 31.9. The number of aromatic nitrogens is 14. The SMILES string of the molecule is CCOc1nc2cccc(C(=O)O)c2n1Cc1ccc(-c2ccccc2-c2noc(=O)[nH]2)cc1.CCOc1nc2cccc(C(=O)OC)c2n1Cc1ccc(-c2ccccc2C2=NS(=O)ON2)cc1.CCOc1nc2cccc(C(=O)OCc3oc(=O)oc3C)c2n1Cc1ccc(-c2ccccc2-c2noc(=O)[nH]2)cc1.COc1nc2c(C)sc(C(=O)O)c2n1Cc1ccc(-c2ccccc2-c2noc(=O)[nH]2)cc1. The second-order valence-corrected chi connectivity index (χ2v) is 33.9. The van der Waals surface area contributed by atoms with Gasteiger partial charge in [-0.2, -0.15) is 24.2 Å². The number of carboxylic acids is 2. The van der Waals surface area contributed by atoms with E-state index in [1.54, 1.807) is 64.6 Å². The lowest BCUT2D eigenvalue weighted by molar-refractivity contribution is 0.0443. The van der Waals surface area contributed by atoms with Crippen LogP contribution in [0.2, 0.25) is 0 Å². The molecule has 1 aliphatic heterocycles. The minimum Gasteiger partial charge on any atom is -0.478 e. The molecule has 41 heteroatoms. The molecule has 0 saturated heterocycles. The molecule has 21 rings (SSSR count). The third-order valence-corrected chi connectivity index (χ3v) is 24.6. The smallest absolute Gasteiger partial charge is 0.478 e. The Labute approximate surface area is 819 Å². The molecule has 0 spiro atoms. The molecule has 0 radical (unpaired) electrons. The van der Waals surface area contributed by atoms with Crippen LogP contribution in [0.3, 0.4) is 0 Å². The van der Waals surface area contributed by atoms with Crippen LogP contribution in [-0.4, -0.2) is 147 Å². The van der Waals surface area contributed by atoms with Gasteiger partial charge in [0.2, 0.25) is 0 Å². The molecule has 1 aliphatic rings. The number of aromatic carboxylic acids is 2. The van der Waals surface area contributed by atoms with Gasteiger partial charge in [-0.3, -0.25) is 46.8 Å². The summed E-state index contributed by atoms with van der Waals surface area (Å²) in [7, 11) is 2.88. The lowest BCUT2D eigenvalue weighted by Gasteiger charge is -2.13. The maximum atomic E-state index is 13.2. The van der Waals surface area contributed by atoms with Gasteiger partial charge in [-0.05, 0) is 138 Å². The fourth-order valence-corrected chi connectivity index (χ4v) is 18.0. The van der Waals surface area contributed by atoms with Crippen molar-refractivity contribution in [1.82, 2.24) is 74.1 Å². The van der Waals surface area contributed by atoms with E-state index in [0.717, 1.165) is 93.9 Å². The number of hydrogen-bond acceptors (Lipinski definition) is 30. The van der Waals surface area contributed by atoms with Crippen molar-refractivity contribution in [3.63, 3.8) is 0 Å². The summed E-state index contributed by atoms with van der Waals surface area (Å²) in [5.41, 5.74) is 22.3. The Morgan fingerprint density at radius 2 is 0.771 bits per heavy atom. The van der Waals surface area contributed by atoms with Crippen LogP contribution in [0.15, 0.2) is 295 Å². The van der Waals surface area contributed by atoms with Gasteiger partial charge >= 0.3 is 58.2 Å². The number of ether oxygens (including phenoxy) is 6. The monoisotopic (exact) mass is 1980 g/mol. The highest BCUT2D eigenvalue weighted by molar-refractivity contribution is 7.79. The highest BCUT2D eigenvalue weighted by atomic mass is 32.2. The summed E-state index contributed by atoms with van der Waals surface area (Å²) in [6, 6.07) is 78.9. The van der Waals surface area contributed by atoms with E-state index in [2.05, 4.69) is 73.8 Å². The van der Waals surface area contributed by atoms with Crippen molar-refractivity contribution in [2.45, 2.75) is 67.4 Å². The summed E-state index contributed by atoms with van der Waals surface area (Å²) in [4.78, 5) is 122. The second kappa shape index (κ2) is 42.4. The molecule has 6 N–H and O–H groups in total. The molecule has 726 valence electrons. The molecule has 10 heterocycles. The minimum absolute atomic E-state index is 0.139. The predicted molar refractivity (Wildman–Crippen MR) is 529 cm³/mol. The molecular weight excluding hydrogens is 1890 g/mol. The van der Waals surface area contributed by atoms with Gasteiger partial charge < -0.3 is 47.5 Å². The number of imidazole rings is 4.